The van der Waals surface area contributed by atoms with Gasteiger partial charge < -0.3 is 15.6 Å². The van der Waals surface area contributed by atoms with E-state index in [-0.39, 0.29) is 6.61 Å². The zero-order valence-electron chi connectivity index (χ0n) is 10.0. The highest BCUT2D eigenvalue weighted by atomic mass is 16.5. The number of nitrogen functional groups attached to an aromatic ring is 1. The minimum atomic E-state index is 0.0310. The summed E-state index contributed by atoms with van der Waals surface area (Å²) in [5, 5.41) is 8.61. The second-order valence-electron chi connectivity index (χ2n) is 3.06. The third kappa shape index (κ3) is 4.21. The number of nitrogens with two attached hydrogens (primary N) is 1. The van der Waals surface area contributed by atoms with E-state index in [1.54, 1.807) is 0 Å². The molecule has 0 fully saturated rings. The molecule has 15 heavy (non-hydrogen) atoms. The van der Waals surface area contributed by atoms with Crippen LogP contribution >= 0.6 is 0 Å². The fourth-order valence-electron chi connectivity index (χ4n) is 1.36. The Kier molecular flexibility index (Phi) is 6.54. The largest absolute Gasteiger partial charge is 0.491 e. The average Bonchev–Trinajstić information content (AvgIpc) is 2.19. The molecule has 0 spiro atoms. The molecule has 0 heterocycles. The van der Waals surface area contributed by atoms with E-state index in [4.69, 9.17) is 15.6 Å². The van der Waals surface area contributed by atoms with Gasteiger partial charge in [-0.25, -0.2) is 0 Å². The SMILES string of the molecule is CC.Cc1cc(N)cc(C)c1OCCO. The van der Waals surface area contributed by atoms with E-state index in [0.717, 1.165) is 22.6 Å². The summed E-state index contributed by atoms with van der Waals surface area (Å²) in [6, 6.07) is 3.72. The van der Waals surface area contributed by atoms with Crippen molar-refractivity contribution < 1.29 is 9.84 Å². The van der Waals surface area contributed by atoms with Gasteiger partial charge in [-0.05, 0) is 37.1 Å². The summed E-state index contributed by atoms with van der Waals surface area (Å²) in [5.74, 6) is 0.822. The molecule has 0 unspecified atom stereocenters. The first-order chi connectivity index (χ1) is 7.15. The van der Waals surface area contributed by atoms with Gasteiger partial charge in [0.2, 0.25) is 0 Å². The Morgan fingerprint density at radius 1 is 1.20 bits per heavy atom. The van der Waals surface area contributed by atoms with Crippen LogP contribution in [0.15, 0.2) is 12.1 Å². The van der Waals surface area contributed by atoms with E-state index >= 15 is 0 Å². The molecule has 0 atom stereocenters. The molecule has 3 nitrogen and oxygen atoms in total. The fourth-order valence-corrected chi connectivity index (χ4v) is 1.36. The van der Waals surface area contributed by atoms with Crippen LogP contribution < -0.4 is 10.5 Å². The quantitative estimate of drug-likeness (QED) is 0.754. The molecule has 1 rings (SSSR count). The molecule has 86 valence electrons. The average molecular weight is 211 g/mol. The van der Waals surface area contributed by atoms with E-state index in [1.807, 2.05) is 39.8 Å². The summed E-state index contributed by atoms with van der Waals surface area (Å²) in [6.07, 6.45) is 0. The third-order valence-electron chi connectivity index (χ3n) is 1.82. The summed E-state index contributed by atoms with van der Waals surface area (Å²) in [6.45, 7) is 8.24. The predicted octanol–water partition coefficient (Wildman–Crippen LogP) is 2.28. The number of aliphatic hydroxyl groups excluding tert-OH is 1. The summed E-state index contributed by atoms with van der Waals surface area (Å²) in [7, 11) is 0. The Balaban J connectivity index is 0.000000921. The van der Waals surface area contributed by atoms with E-state index in [1.165, 1.54) is 0 Å². The van der Waals surface area contributed by atoms with Gasteiger partial charge in [0.25, 0.3) is 0 Å². The van der Waals surface area contributed by atoms with E-state index < -0.39 is 0 Å². The lowest BCUT2D eigenvalue weighted by Gasteiger charge is -2.11. The first-order valence-electron chi connectivity index (χ1n) is 5.25. The molecule has 0 aromatic heterocycles. The van der Waals surface area contributed by atoms with Crippen molar-refractivity contribution in [2.24, 2.45) is 0 Å². The molecular formula is C12H21NO2. The third-order valence-corrected chi connectivity index (χ3v) is 1.82. The van der Waals surface area contributed by atoms with Gasteiger partial charge in [0.05, 0.1) is 6.61 Å². The maximum absolute atomic E-state index is 8.61. The zero-order valence-corrected chi connectivity index (χ0v) is 10.0. The molecule has 1 aromatic rings. The second kappa shape index (κ2) is 7.12. The molecule has 0 bridgehead atoms. The van der Waals surface area contributed by atoms with Crippen molar-refractivity contribution in [1.82, 2.24) is 0 Å². The normalized spacial score (nSPS) is 9.13. The lowest BCUT2D eigenvalue weighted by atomic mass is 10.1. The van der Waals surface area contributed by atoms with Crippen molar-refractivity contribution in [1.29, 1.82) is 0 Å². The molecule has 0 aliphatic heterocycles. The van der Waals surface area contributed by atoms with Gasteiger partial charge in [0.15, 0.2) is 0 Å². The zero-order chi connectivity index (χ0) is 11.8. The Hall–Kier alpha value is -1.22. The maximum Gasteiger partial charge on any atom is 0.125 e. The van der Waals surface area contributed by atoms with Gasteiger partial charge in [0, 0.05) is 5.69 Å². The Morgan fingerprint density at radius 2 is 1.67 bits per heavy atom. The van der Waals surface area contributed by atoms with E-state index in [9.17, 15) is 0 Å². The van der Waals surface area contributed by atoms with Crippen molar-refractivity contribution in [2.45, 2.75) is 27.7 Å². The first kappa shape index (κ1) is 13.8. The van der Waals surface area contributed by atoms with E-state index in [2.05, 4.69) is 0 Å². The van der Waals surface area contributed by atoms with Gasteiger partial charge in [-0.15, -0.1) is 0 Å². The molecule has 0 saturated carbocycles. The molecule has 0 aliphatic rings. The van der Waals surface area contributed by atoms with Gasteiger partial charge in [0.1, 0.15) is 12.4 Å². The molecule has 0 amide bonds. The van der Waals surface area contributed by atoms with Crippen LogP contribution in [0.3, 0.4) is 0 Å². The number of benzene rings is 1. The highest BCUT2D eigenvalue weighted by Gasteiger charge is 2.04. The molecule has 0 radical (unpaired) electrons. The van der Waals surface area contributed by atoms with Crippen LogP contribution in [0, 0.1) is 13.8 Å². The molecule has 1 aromatic carbocycles. The molecular weight excluding hydrogens is 190 g/mol. The Morgan fingerprint density at radius 3 is 2.07 bits per heavy atom. The summed E-state index contributed by atoms with van der Waals surface area (Å²) >= 11 is 0. The molecule has 3 heteroatoms. The fraction of sp³-hybridized carbons (Fsp3) is 0.500. The number of hydrogen-bond acceptors (Lipinski definition) is 3. The number of anilines is 1. The van der Waals surface area contributed by atoms with Crippen molar-refractivity contribution in [3.63, 3.8) is 0 Å². The van der Waals surface area contributed by atoms with Crippen molar-refractivity contribution in [2.75, 3.05) is 18.9 Å². The molecule has 3 N–H and O–H groups in total. The summed E-state index contributed by atoms with van der Waals surface area (Å²) in [5.41, 5.74) is 8.41. The lowest BCUT2D eigenvalue weighted by molar-refractivity contribution is 0.200. The monoisotopic (exact) mass is 211 g/mol. The van der Waals surface area contributed by atoms with Crippen molar-refractivity contribution in [3.8, 4) is 5.75 Å². The maximum atomic E-state index is 8.61. The van der Waals surface area contributed by atoms with Crippen molar-refractivity contribution in [3.05, 3.63) is 23.3 Å². The van der Waals surface area contributed by atoms with Crippen LogP contribution in [0.25, 0.3) is 0 Å². The number of aliphatic hydroxyl groups is 1. The first-order valence-corrected chi connectivity index (χ1v) is 5.25. The second-order valence-corrected chi connectivity index (χ2v) is 3.06. The van der Waals surface area contributed by atoms with Crippen LogP contribution in [-0.4, -0.2) is 18.3 Å². The predicted molar refractivity (Wildman–Crippen MR) is 64.3 cm³/mol. The lowest BCUT2D eigenvalue weighted by Crippen LogP contribution is -2.04. The van der Waals surface area contributed by atoms with E-state index in [0.29, 0.717) is 6.61 Å². The smallest absolute Gasteiger partial charge is 0.125 e. The van der Waals surface area contributed by atoms with Crippen LogP contribution in [0.4, 0.5) is 5.69 Å². The summed E-state index contributed by atoms with van der Waals surface area (Å²) < 4.78 is 5.37. The van der Waals surface area contributed by atoms with Crippen LogP contribution in [-0.2, 0) is 0 Å². The van der Waals surface area contributed by atoms with Gasteiger partial charge in [-0.2, -0.15) is 0 Å². The number of rotatable bonds is 3. The highest BCUT2D eigenvalue weighted by Crippen LogP contribution is 2.25. The number of ether oxygens (including phenoxy) is 1. The highest BCUT2D eigenvalue weighted by molar-refractivity contribution is 5.52. The van der Waals surface area contributed by atoms with Gasteiger partial charge in [-0.3, -0.25) is 0 Å². The van der Waals surface area contributed by atoms with Crippen LogP contribution in [0.5, 0.6) is 5.75 Å². The number of hydrogen-bond donors (Lipinski definition) is 2. The summed E-state index contributed by atoms with van der Waals surface area (Å²) in [4.78, 5) is 0. The van der Waals surface area contributed by atoms with Crippen LogP contribution in [0.1, 0.15) is 25.0 Å². The molecule has 0 aliphatic carbocycles. The molecule has 0 saturated heterocycles. The topological polar surface area (TPSA) is 55.5 Å². The minimum absolute atomic E-state index is 0.0310. The minimum Gasteiger partial charge on any atom is -0.491 e. The van der Waals surface area contributed by atoms with Crippen molar-refractivity contribution >= 4 is 5.69 Å². The Labute approximate surface area is 91.9 Å². The van der Waals surface area contributed by atoms with Gasteiger partial charge in [-0.1, -0.05) is 13.8 Å². The van der Waals surface area contributed by atoms with Gasteiger partial charge >= 0.3 is 0 Å². The van der Waals surface area contributed by atoms with Crippen LogP contribution in [0.2, 0.25) is 0 Å². The Bertz CT molecular complexity index is 275. The number of aryl methyl sites for hydroxylation is 2. The standard InChI is InChI=1S/C10H15NO2.C2H6/c1-7-5-9(11)6-8(2)10(7)13-4-3-12;1-2/h5-6,12H,3-4,11H2,1-2H3;1-2H3.